The zero-order valence-corrected chi connectivity index (χ0v) is 17.1. The number of likely N-dealkylation sites (tertiary alicyclic amines) is 1. The summed E-state index contributed by atoms with van der Waals surface area (Å²) in [6.07, 6.45) is 4.44. The second-order valence-electron chi connectivity index (χ2n) is 8.02. The quantitative estimate of drug-likeness (QED) is 0.770. The van der Waals surface area contributed by atoms with E-state index in [0.29, 0.717) is 17.0 Å². The molecule has 1 saturated heterocycles. The number of halogens is 3. The molecule has 2 aromatic rings. The van der Waals surface area contributed by atoms with Crippen molar-refractivity contribution >= 4 is 11.9 Å². The molecule has 170 valence electrons. The van der Waals surface area contributed by atoms with E-state index in [1.165, 1.54) is 19.1 Å². The Labute approximate surface area is 177 Å². The van der Waals surface area contributed by atoms with Crippen LogP contribution in [-0.2, 0) is 11.3 Å². The Morgan fingerprint density at radius 2 is 1.90 bits per heavy atom. The summed E-state index contributed by atoms with van der Waals surface area (Å²) in [5, 5.41) is 7.12. The minimum Gasteiger partial charge on any atom is -0.475 e. The molecular weight excluding hydrogens is 417 g/mol. The van der Waals surface area contributed by atoms with Crippen LogP contribution in [0.1, 0.15) is 41.8 Å². The molecule has 2 fully saturated rings. The molecule has 1 saturated carbocycles. The van der Waals surface area contributed by atoms with E-state index in [1.807, 2.05) is 17.0 Å². The molecule has 1 aliphatic carbocycles. The van der Waals surface area contributed by atoms with E-state index in [9.17, 15) is 18.0 Å². The van der Waals surface area contributed by atoms with Crippen LogP contribution in [0.15, 0.2) is 45.8 Å². The summed E-state index contributed by atoms with van der Waals surface area (Å²) in [7, 11) is 2.19. The highest BCUT2D eigenvalue weighted by atomic mass is 19.4. The number of hydrogen-bond donors (Lipinski definition) is 1. The van der Waals surface area contributed by atoms with Gasteiger partial charge in [0, 0.05) is 19.1 Å². The SMILES string of the molecule is CN(Cc1ccco1)C1CCC12CCN(C(=O)c1ccoc1)CC2.O=C(O)C(F)(F)F. The number of carboxylic acids is 1. The van der Waals surface area contributed by atoms with Crippen molar-refractivity contribution in [3.63, 3.8) is 0 Å². The van der Waals surface area contributed by atoms with Gasteiger partial charge in [0.05, 0.1) is 24.6 Å². The van der Waals surface area contributed by atoms with Crippen molar-refractivity contribution in [2.45, 2.75) is 44.4 Å². The maximum absolute atomic E-state index is 12.4. The van der Waals surface area contributed by atoms with Crippen molar-refractivity contribution in [1.82, 2.24) is 9.80 Å². The molecule has 1 atom stereocenters. The van der Waals surface area contributed by atoms with E-state index in [4.69, 9.17) is 18.7 Å². The first-order valence-electron chi connectivity index (χ1n) is 9.96. The summed E-state index contributed by atoms with van der Waals surface area (Å²) in [4.78, 5) is 25.7. The van der Waals surface area contributed by atoms with Crippen LogP contribution in [0.3, 0.4) is 0 Å². The van der Waals surface area contributed by atoms with E-state index in [1.54, 1.807) is 18.6 Å². The molecule has 0 radical (unpaired) electrons. The molecule has 7 nitrogen and oxygen atoms in total. The molecule has 4 rings (SSSR count). The van der Waals surface area contributed by atoms with E-state index in [0.717, 1.165) is 38.2 Å². The predicted octanol–water partition coefficient (Wildman–Crippen LogP) is 4.02. The molecule has 1 N–H and O–H groups in total. The van der Waals surface area contributed by atoms with Crippen LogP contribution in [0.5, 0.6) is 0 Å². The Balaban J connectivity index is 0.000000339. The van der Waals surface area contributed by atoms with Gasteiger partial charge in [-0.05, 0) is 56.3 Å². The van der Waals surface area contributed by atoms with Gasteiger partial charge in [0.2, 0.25) is 0 Å². The first kappa shape index (κ1) is 22.9. The predicted molar refractivity (Wildman–Crippen MR) is 103 cm³/mol. The molecule has 1 unspecified atom stereocenters. The van der Waals surface area contributed by atoms with Crippen molar-refractivity contribution in [3.8, 4) is 0 Å². The van der Waals surface area contributed by atoms with Crippen LogP contribution < -0.4 is 0 Å². The maximum Gasteiger partial charge on any atom is 0.490 e. The zero-order valence-electron chi connectivity index (χ0n) is 17.1. The van der Waals surface area contributed by atoms with Gasteiger partial charge >= 0.3 is 12.1 Å². The summed E-state index contributed by atoms with van der Waals surface area (Å²) in [5.41, 5.74) is 1.03. The lowest BCUT2D eigenvalue weighted by molar-refractivity contribution is -0.192. The number of nitrogens with zero attached hydrogens (tertiary/aromatic N) is 2. The summed E-state index contributed by atoms with van der Waals surface area (Å²) in [6.45, 7) is 2.54. The van der Waals surface area contributed by atoms with Crippen LogP contribution in [0.2, 0.25) is 0 Å². The zero-order chi connectivity index (χ0) is 22.6. The van der Waals surface area contributed by atoms with Crippen molar-refractivity contribution < 1.29 is 36.7 Å². The number of hydrogen-bond acceptors (Lipinski definition) is 5. The number of alkyl halides is 3. The fourth-order valence-electron chi connectivity index (χ4n) is 4.44. The normalized spacial score (nSPS) is 20.2. The fourth-order valence-corrected chi connectivity index (χ4v) is 4.44. The van der Waals surface area contributed by atoms with E-state index >= 15 is 0 Å². The first-order chi connectivity index (χ1) is 14.6. The van der Waals surface area contributed by atoms with E-state index < -0.39 is 12.1 Å². The highest BCUT2D eigenvalue weighted by Crippen LogP contribution is 2.51. The molecule has 1 aliphatic heterocycles. The number of amides is 1. The Bertz CT molecular complexity index is 856. The second-order valence-corrected chi connectivity index (χ2v) is 8.02. The lowest BCUT2D eigenvalue weighted by Crippen LogP contribution is -2.58. The first-order valence-corrected chi connectivity index (χ1v) is 9.96. The highest BCUT2D eigenvalue weighted by molar-refractivity contribution is 5.93. The van der Waals surface area contributed by atoms with Crippen LogP contribution in [0, 0.1) is 5.41 Å². The smallest absolute Gasteiger partial charge is 0.475 e. The number of rotatable bonds is 4. The number of furan rings is 2. The number of carbonyl (C=O) groups excluding carboxylic acids is 1. The lowest BCUT2D eigenvalue weighted by atomic mass is 9.58. The lowest BCUT2D eigenvalue weighted by Gasteiger charge is -2.56. The second kappa shape index (κ2) is 9.17. The number of aliphatic carboxylic acids is 1. The minimum absolute atomic E-state index is 0.0958. The largest absolute Gasteiger partial charge is 0.490 e. The van der Waals surface area contributed by atoms with Gasteiger partial charge in [-0.1, -0.05) is 0 Å². The number of piperidine rings is 1. The number of carboxylic acid groups (broad SMARTS) is 1. The molecule has 0 aromatic carbocycles. The van der Waals surface area contributed by atoms with Gasteiger partial charge in [0.15, 0.2) is 0 Å². The minimum atomic E-state index is -5.08. The van der Waals surface area contributed by atoms with Crippen LogP contribution in [-0.4, -0.2) is 59.1 Å². The van der Waals surface area contributed by atoms with Crippen molar-refractivity contribution in [2.24, 2.45) is 5.41 Å². The van der Waals surface area contributed by atoms with E-state index in [2.05, 4.69) is 11.9 Å². The van der Waals surface area contributed by atoms with Crippen LogP contribution in [0.4, 0.5) is 13.2 Å². The van der Waals surface area contributed by atoms with Gasteiger partial charge in [-0.3, -0.25) is 9.69 Å². The summed E-state index contributed by atoms with van der Waals surface area (Å²) in [5.74, 6) is -1.64. The fraction of sp³-hybridized carbons (Fsp3) is 0.524. The number of carbonyl (C=O) groups is 2. The van der Waals surface area contributed by atoms with E-state index in [-0.39, 0.29) is 5.91 Å². The van der Waals surface area contributed by atoms with Crippen LogP contribution >= 0.6 is 0 Å². The van der Waals surface area contributed by atoms with Crippen molar-refractivity contribution in [2.75, 3.05) is 20.1 Å². The molecule has 31 heavy (non-hydrogen) atoms. The molecule has 1 amide bonds. The average molecular weight is 442 g/mol. The van der Waals surface area contributed by atoms with Crippen molar-refractivity contribution in [1.29, 1.82) is 0 Å². The van der Waals surface area contributed by atoms with Crippen molar-refractivity contribution in [3.05, 3.63) is 48.3 Å². The Hall–Kier alpha value is -2.75. The summed E-state index contributed by atoms with van der Waals surface area (Å²) in [6, 6.07) is 6.32. The molecule has 1 spiro atoms. The summed E-state index contributed by atoms with van der Waals surface area (Å²) < 4.78 is 42.3. The summed E-state index contributed by atoms with van der Waals surface area (Å²) >= 11 is 0. The monoisotopic (exact) mass is 442 g/mol. The van der Waals surface area contributed by atoms with Crippen LogP contribution in [0.25, 0.3) is 0 Å². The third-order valence-corrected chi connectivity index (χ3v) is 6.20. The average Bonchev–Trinajstić information content (AvgIpc) is 3.40. The van der Waals surface area contributed by atoms with Gasteiger partial charge < -0.3 is 18.8 Å². The van der Waals surface area contributed by atoms with Gasteiger partial charge in [0.1, 0.15) is 12.0 Å². The molecule has 2 aromatic heterocycles. The molecular formula is C21H25F3N2O5. The Kier molecular flexibility index (Phi) is 6.78. The van der Waals surface area contributed by atoms with Gasteiger partial charge in [-0.2, -0.15) is 13.2 Å². The molecule has 0 bridgehead atoms. The van der Waals surface area contributed by atoms with Gasteiger partial charge in [0.25, 0.3) is 5.91 Å². The third kappa shape index (κ3) is 5.30. The van der Waals surface area contributed by atoms with Gasteiger partial charge in [-0.25, -0.2) is 4.79 Å². The standard InChI is InChI=1S/C19H24N2O3.C2HF3O2/c1-20(13-16-3-2-11-24-16)17-4-6-19(17)7-9-21(10-8-19)18(22)15-5-12-23-14-15;3-2(4,5)1(6)7/h2-3,5,11-12,14,17H,4,6-10,13H2,1H3;(H,6,7). The third-order valence-electron chi connectivity index (χ3n) is 6.20. The highest BCUT2D eigenvalue weighted by Gasteiger charge is 2.50. The Morgan fingerprint density at radius 1 is 1.23 bits per heavy atom. The maximum atomic E-state index is 12.4. The Morgan fingerprint density at radius 3 is 2.35 bits per heavy atom. The van der Waals surface area contributed by atoms with Gasteiger partial charge in [-0.15, -0.1) is 0 Å². The molecule has 2 aliphatic rings. The topological polar surface area (TPSA) is 87.1 Å². The molecule has 10 heteroatoms. The molecule has 3 heterocycles.